The number of ether oxygens (including phenoxy) is 3. The molecule has 0 fully saturated rings. The Hall–Kier alpha value is -0.500. The summed E-state index contributed by atoms with van der Waals surface area (Å²) in [6.07, 6.45) is 2.45. The fourth-order valence-corrected chi connectivity index (χ4v) is 0.726. The Morgan fingerprint density at radius 2 is 1.58 bits per heavy atom. The van der Waals surface area contributed by atoms with E-state index in [1.165, 1.54) is 0 Å². The first kappa shape index (κ1) is 23.6. The number of aliphatic hydroxyl groups is 3. The lowest BCUT2D eigenvalue weighted by Gasteiger charge is -2.06. The van der Waals surface area contributed by atoms with Crippen LogP contribution in [-0.4, -0.2) is 76.3 Å². The summed E-state index contributed by atoms with van der Waals surface area (Å²) in [5, 5.41) is 25.0. The van der Waals surface area contributed by atoms with Gasteiger partial charge in [-0.3, -0.25) is 0 Å². The first-order valence-corrected chi connectivity index (χ1v) is 6.08. The van der Waals surface area contributed by atoms with Gasteiger partial charge in [-0.05, 0) is 6.42 Å². The van der Waals surface area contributed by atoms with Crippen LogP contribution in [0.4, 0.5) is 0 Å². The molecule has 0 unspecified atom stereocenters. The Balaban J connectivity index is -0.000000209. The molecule has 0 aromatic rings. The van der Waals surface area contributed by atoms with Gasteiger partial charge in [-0.15, -0.1) is 6.58 Å². The fraction of sp³-hybridized carbons (Fsp3) is 0.846. The summed E-state index contributed by atoms with van der Waals surface area (Å²) < 4.78 is 13.9. The van der Waals surface area contributed by atoms with Crippen LogP contribution in [0.15, 0.2) is 12.7 Å². The van der Waals surface area contributed by atoms with E-state index >= 15 is 0 Å². The second-order valence-electron chi connectivity index (χ2n) is 3.50. The van der Waals surface area contributed by atoms with Gasteiger partial charge in [0.15, 0.2) is 0 Å². The van der Waals surface area contributed by atoms with Crippen LogP contribution >= 0.6 is 0 Å². The summed E-state index contributed by atoms with van der Waals surface area (Å²) in [6, 6.07) is 0. The molecule has 0 aromatic heterocycles. The molecule has 0 radical (unpaired) electrons. The normalized spacial score (nSPS) is 9.21. The van der Waals surface area contributed by atoms with Gasteiger partial charge in [0.2, 0.25) is 0 Å². The number of aliphatic hydroxyl groups excluding tert-OH is 3. The molecule has 0 aromatic carbocycles. The van der Waals surface area contributed by atoms with Crippen molar-refractivity contribution >= 4 is 0 Å². The van der Waals surface area contributed by atoms with Gasteiger partial charge in [0.25, 0.3) is 0 Å². The Morgan fingerprint density at radius 3 is 1.68 bits per heavy atom. The van der Waals surface area contributed by atoms with E-state index in [2.05, 4.69) is 20.8 Å². The third-order valence-electron chi connectivity index (χ3n) is 1.71. The SMILES string of the molecule is C=CCOC.COCC(CO)CO.COCCCO. The van der Waals surface area contributed by atoms with E-state index in [4.69, 9.17) is 15.3 Å². The third-order valence-corrected chi connectivity index (χ3v) is 1.71. The largest absolute Gasteiger partial charge is 0.396 e. The maximum absolute atomic E-state index is 8.42. The summed E-state index contributed by atoms with van der Waals surface area (Å²) in [5.41, 5.74) is 0. The van der Waals surface area contributed by atoms with Crippen molar-refractivity contribution in [2.45, 2.75) is 6.42 Å². The predicted octanol–water partition coefficient (Wildman–Crippen LogP) is 0.0676. The molecule has 6 nitrogen and oxygen atoms in total. The van der Waals surface area contributed by atoms with Crippen molar-refractivity contribution < 1.29 is 29.5 Å². The molecule has 0 heterocycles. The van der Waals surface area contributed by atoms with E-state index in [-0.39, 0.29) is 25.7 Å². The van der Waals surface area contributed by atoms with E-state index < -0.39 is 0 Å². The van der Waals surface area contributed by atoms with Crippen molar-refractivity contribution in [3.8, 4) is 0 Å². The number of hydrogen-bond acceptors (Lipinski definition) is 6. The molecule has 3 N–H and O–H groups in total. The summed E-state index contributed by atoms with van der Waals surface area (Å²) >= 11 is 0. The maximum atomic E-state index is 8.42. The van der Waals surface area contributed by atoms with Crippen molar-refractivity contribution in [3.05, 3.63) is 12.7 Å². The van der Waals surface area contributed by atoms with E-state index in [1.54, 1.807) is 27.4 Å². The van der Waals surface area contributed by atoms with E-state index in [1.807, 2.05) is 0 Å². The molecule has 0 spiro atoms. The van der Waals surface area contributed by atoms with Crippen molar-refractivity contribution in [1.29, 1.82) is 0 Å². The van der Waals surface area contributed by atoms with Crippen LogP contribution in [-0.2, 0) is 14.2 Å². The van der Waals surface area contributed by atoms with Crippen LogP contribution in [0.3, 0.4) is 0 Å². The Bertz CT molecular complexity index is 135. The highest BCUT2D eigenvalue weighted by atomic mass is 16.5. The molecule has 0 bridgehead atoms. The molecule has 19 heavy (non-hydrogen) atoms. The van der Waals surface area contributed by atoms with Gasteiger partial charge in [-0.2, -0.15) is 0 Å². The summed E-state index contributed by atoms with van der Waals surface area (Å²) in [6.45, 7) is 5.38. The second-order valence-corrected chi connectivity index (χ2v) is 3.50. The van der Waals surface area contributed by atoms with Gasteiger partial charge in [-0.25, -0.2) is 0 Å². The lowest BCUT2D eigenvalue weighted by molar-refractivity contribution is 0.0710. The number of rotatable bonds is 9. The van der Waals surface area contributed by atoms with Crippen LogP contribution < -0.4 is 0 Å². The topological polar surface area (TPSA) is 88.4 Å². The van der Waals surface area contributed by atoms with Crippen molar-refractivity contribution in [2.75, 3.05) is 61.0 Å². The highest BCUT2D eigenvalue weighted by Crippen LogP contribution is 1.91. The average Bonchev–Trinajstić information content (AvgIpc) is 2.44. The second kappa shape index (κ2) is 26.1. The lowest BCUT2D eigenvalue weighted by atomic mass is 10.2. The minimum atomic E-state index is -0.111. The van der Waals surface area contributed by atoms with Gasteiger partial charge in [0.1, 0.15) is 0 Å². The highest BCUT2D eigenvalue weighted by molar-refractivity contribution is 4.62. The molecule has 0 amide bonds. The molecule has 0 saturated carbocycles. The predicted molar refractivity (Wildman–Crippen MR) is 75.2 cm³/mol. The fourth-order valence-electron chi connectivity index (χ4n) is 0.726. The lowest BCUT2D eigenvalue weighted by Crippen LogP contribution is -2.16. The minimum absolute atomic E-state index is 0.00958. The molecule has 118 valence electrons. The molecule has 0 aliphatic carbocycles. The molecular weight excluding hydrogens is 252 g/mol. The van der Waals surface area contributed by atoms with Crippen LogP contribution in [0.1, 0.15) is 6.42 Å². The zero-order valence-electron chi connectivity index (χ0n) is 12.4. The highest BCUT2D eigenvalue weighted by Gasteiger charge is 2.02. The Kier molecular flexibility index (Phi) is 32.4. The monoisotopic (exact) mass is 282 g/mol. The van der Waals surface area contributed by atoms with Gasteiger partial charge in [0.05, 0.1) is 26.4 Å². The average molecular weight is 282 g/mol. The van der Waals surface area contributed by atoms with Crippen molar-refractivity contribution in [3.63, 3.8) is 0 Å². The first-order chi connectivity index (χ1) is 9.17. The van der Waals surface area contributed by atoms with Gasteiger partial charge < -0.3 is 29.5 Å². The van der Waals surface area contributed by atoms with Crippen LogP contribution in [0.2, 0.25) is 0 Å². The Morgan fingerprint density at radius 1 is 1.00 bits per heavy atom. The summed E-state index contributed by atoms with van der Waals surface area (Å²) in [5.74, 6) is -0.111. The zero-order valence-corrected chi connectivity index (χ0v) is 12.4. The molecule has 0 saturated heterocycles. The molecular formula is C13H30O6. The van der Waals surface area contributed by atoms with Gasteiger partial charge in [0, 0.05) is 40.5 Å². The molecule has 0 atom stereocenters. The minimum Gasteiger partial charge on any atom is -0.396 e. The van der Waals surface area contributed by atoms with E-state index in [0.717, 1.165) is 6.42 Å². The summed E-state index contributed by atoms with van der Waals surface area (Å²) in [7, 11) is 4.80. The Labute approximate surface area is 116 Å². The van der Waals surface area contributed by atoms with Crippen LogP contribution in [0, 0.1) is 5.92 Å². The first-order valence-electron chi connectivity index (χ1n) is 6.08. The van der Waals surface area contributed by atoms with Crippen molar-refractivity contribution in [2.24, 2.45) is 5.92 Å². The summed E-state index contributed by atoms with van der Waals surface area (Å²) in [4.78, 5) is 0. The van der Waals surface area contributed by atoms with E-state index in [0.29, 0.717) is 19.8 Å². The van der Waals surface area contributed by atoms with Gasteiger partial charge in [-0.1, -0.05) is 6.08 Å². The molecule has 0 aliphatic heterocycles. The zero-order chi connectivity index (χ0) is 15.4. The van der Waals surface area contributed by atoms with Gasteiger partial charge >= 0.3 is 0 Å². The van der Waals surface area contributed by atoms with E-state index in [9.17, 15) is 0 Å². The number of methoxy groups -OCH3 is 3. The quantitative estimate of drug-likeness (QED) is 0.410. The number of hydrogen-bond donors (Lipinski definition) is 3. The molecule has 0 aliphatic rings. The molecule has 0 rings (SSSR count). The van der Waals surface area contributed by atoms with Crippen molar-refractivity contribution in [1.82, 2.24) is 0 Å². The standard InChI is InChI=1S/C5H12O3.C4H10O2.C4H8O/c1-8-4-5(2-6)3-7;1-6-4-2-3-5;1-3-4-5-2/h5-7H,2-4H2,1H3;5H,2-4H2,1H3;3H,1,4H2,2H3. The maximum Gasteiger partial charge on any atom is 0.0641 e. The molecule has 6 heteroatoms. The van der Waals surface area contributed by atoms with Crippen LogP contribution in [0.5, 0.6) is 0 Å². The third kappa shape index (κ3) is 31.8. The van der Waals surface area contributed by atoms with Crippen LogP contribution in [0.25, 0.3) is 0 Å². The smallest absolute Gasteiger partial charge is 0.0641 e.